The predicted octanol–water partition coefficient (Wildman–Crippen LogP) is 1.96. The Hall–Kier alpha value is -1.73. The Kier molecular flexibility index (Phi) is 3.21. The van der Waals surface area contributed by atoms with Gasteiger partial charge in [-0.2, -0.15) is 0 Å². The Labute approximate surface area is 104 Å². The van der Waals surface area contributed by atoms with E-state index in [0.29, 0.717) is 11.3 Å². The molecule has 0 fully saturated rings. The van der Waals surface area contributed by atoms with Gasteiger partial charge in [-0.1, -0.05) is 12.0 Å². The number of rotatable bonds is 2. The zero-order chi connectivity index (χ0) is 12.4. The third-order valence-electron chi connectivity index (χ3n) is 2.56. The maximum Gasteiger partial charge on any atom is 0.238 e. The molecular formula is C13H11NO2S. The lowest BCUT2D eigenvalue weighted by molar-refractivity contribution is -0.116. The van der Waals surface area contributed by atoms with Crippen molar-refractivity contribution in [1.29, 1.82) is 0 Å². The standard InChI is InChI=1S/C13H11NO2S/c1-3-6-14-11-7-10(9(2)15)4-5-12(11)17-8-13(14)16/h1,4-5,7H,6,8H2,2H3. The molecule has 1 aromatic carbocycles. The van der Waals surface area contributed by atoms with Crippen molar-refractivity contribution < 1.29 is 9.59 Å². The summed E-state index contributed by atoms with van der Waals surface area (Å²) >= 11 is 1.48. The number of carbonyl (C=O) groups excluding carboxylic acids is 2. The highest BCUT2D eigenvalue weighted by atomic mass is 32.2. The molecule has 1 aliphatic heterocycles. The van der Waals surface area contributed by atoms with Crippen LogP contribution in [-0.2, 0) is 4.79 Å². The van der Waals surface area contributed by atoms with Gasteiger partial charge in [0, 0.05) is 10.5 Å². The fraction of sp³-hybridized carbons (Fsp3) is 0.231. The van der Waals surface area contributed by atoms with E-state index < -0.39 is 0 Å². The predicted molar refractivity (Wildman–Crippen MR) is 68.4 cm³/mol. The number of fused-ring (bicyclic) bond motifs is 1. The van der Waals surface area contributed by atoms with Gasteiger partial charge >= 0.3 is 0 Å². The number of benzene rings is 1. The summed E-state index contributed by atoms with van der Waals surface area (Å²) in [5.41, 5.74) is 1.35. The van der Waals surface area contributed by atoms with E-state index in [1.165, 1.54) is 18.7 Å². The minimum absolute atomic E-state index is 0.0128. The van der Waals surface area contributed by atoms with Gasteiger partial charge in [0.1, 0.15) is 0 Å². The second-order valence-electron chi connectivity index (χ2n) is 3.71. The molecule has 0 aliphatic carbocycles. The number of Topliss-reactive ketones (excluding diaryl/α,β-unsaturated/α-hetero) is 1. The Morgan fingerprint density at radius 2 is 2.35 bits per heavy atom. The zero-order valence-electron chi connectivity index (χ0n) is 9.40. The molecular weight excluding hydrogens is 234 g/mol. The molecule has 3 nitrogen and oxygen atoms in total. The first-order valence-electron chi connectivity index (χ1n) is 5.15. The first-order valence-corrected chi connectivity index (χ1v) is 6.13. The summed E-state index contributed by atoms with van der Waals surface area (Å²) in [4.78, 5) is 25.6. The van der Waals surface area contributed by atoms with Crippen molar-refractivity contribution in [3.8, 4) is 12.3 Å². The Bertz CT molecular complexity index is 531. The van der Waals surface area contributed by atoms with Gasteiger partial charge in [-0.05, 0) is 19.1 Å². The maximum atomic E-state index is 11.8. The van der Waals surface area contributed by atoms with Gasteiger partial charge in [-0.25, -0.2) is 0 Å². The van der Waals surface area contributed by atoms with Crippen LogP contribution in [-0.4, -0.2) is 24.0 Å². The SMILES string of the molecule is C#CCN1C(=O)CSc2ccc(C(C)=O)cc21. The number of hydrogen-bond donors (Lipinski definition) is 0. The van der Waals surface area contributed by atoms with Crippen LogP contribution in [0.4, 0.5) is 5.69 Å². The van der Waals surface area contributed by atoms with Crippen molar-refractivity contribution >= 4 is 29.1 Å². The lowest BCUT2D eigenvalue weighted by atomic mass is 10.1. The van der Waals surface area contributed by atoms with Crippen molar-refractivity contribution in [2.45, 2.75) is 11.8 Å². The number of thioether (sulfide) groups is 1. The molecule has 0 bridgehead atoms. The third-order valence-corrected chi connectivity index (χ3v) is 3.61. The van der Waals surface area contributed by atoms with Crippen LogP contribution in [0.2, 0.25) is 0 Å². The van der Waals surface area contributed by atoms with E-state index in [-0.39, 0.29) is 18.2 Å². The molecule has 1 amide bonds. The van der Waals surface area contributed by atoms with Gasteiger partial charge in [-0.3, -0.25) is 14.5 Å². The number of hydrogen-bond acceptors (Lipinski definition) is 3. The molecule has 4 heteroatoms. The molecule has 0 unspecified atom stereocenters. The summed E-state index contributed by atoms with van der Waals surface area (Å²) in [6.45, 7) is 1.75. The van der Waals surface area contributed by atoms with Crippen molar-refractivity contribution in [3.63, 3.8) is 0 Å². The van der Waals surface area contributed by atoms with Gasteiger partial charge in [0.25, 0.3) is 0 Å². The highest BCUT2D eigenvalue weighted by molar-refractivity contribution is 8.00. The molecule has 0 spiro atoms. The number of carbonyl (C=O) groups is 2. The van der Waals surface area contributed by atoms with E-state index >= 15 is 0 Å². The van der Waals surface area contributed by atoms with Crippen molar-refractivity contribution in [2.24, 2.45) is 0 Å². The quantitative estimate of drug-likeness (QED) is 0.590. The molecule has 0 radical (unpaired) electrons. The number of nitrogens with zero attached hydrogens (tertiary/aromatic N) is 1. The first kappa shape index (κ1) is 11.7. The average molecular weight is 245 g/mol. The smallest absolute Gasteiger partial charge is 0.238 e. The number of ketones is 1. The summed E-state index contributed by atoms with van der Waals surface area (Å²) in [6, 6.07) is 5.38. The molecule has 0 aromatic heterocycles. The molecule has 1 heterocycles. The molecule has 1 aromatic rings. The van der Waals surface area contributed by atoms with Crippen LogP contribution >= 0.6 is 11.8 Å². The number of terminal acetylenes is 1. The Morgan fingerprint density at radius 3 is 3.00 bits per heavy atom. The molecule has 0 N–H and O–H groups in total. The molecule has 1 aliphatic rings. The van der Waals surface area contributed by atoms with E-state index in [1.54, 1.807) is 17.0 Å². The maximum absolute atomic E-state index is 11.8. The van der Waals surface area contributed by atoms with Crippen molar-refractivity contribution in [1.82, 2.24) is 0 Å². The fourth-order valence-electron chi connectivity index (χ4n) is 1.69. The molecule has 0 saturated carbocycles. The monoisotopic (exact) mass is 245 g/mol. The second-order valence-corrected chi connectivity index (χ2v) is 4.73. The van der Waals surface area contributed by atoms with E-state index in [2.05, 4.69) is 5.92 Å². The van der Waals surface area contributed by atoms with Crippen LogP contribution in [0, 0.1) is 12.3 Å². The van der Waals surface area contributed by atoms with Crippen LogP contribution in [0.25, 0.3) is 0 Å². The van der Waals surface area contributed by atoms with Gasteiger partial charge in [0.05, 0.1) is 18.0 Å². The van der Waals surface area contributed by atoms with Gasteiger partial charge in [-0.15, -0.1) is 18.2 Å². The lowest BCUT2D eigenvalue weighted by Gasteiger charge is -2.27. The van der Waals surface area contributed by atoms with Crippen LogP contribution in [0.5, 0.6) is 0 Å². The second kappa shape index (κ2) is 4.64. The fourth-order valence-corrected chi connectivity index (χ4v) is 2.60. The normalized spacial score (nSPS) is 14.1. The topological polar surface area (TPSA) is 37.4 Å². The minimum atomic E-state index is -0.0171. The van der Waals surface area contributed by atoms with Crippen LogP contribution in [0.15, 0.2) is 23.1 Å². The average Bonchev–Trinajstić information content (AvgIpc) is 2.32. The largest absolute Gasteiger partial charge is 0.299 e. The zero-order valence-corrected chi connectivity index (χ0v) is 10.2. The van der Waals surface area contributed by atoms with E-state index in [4.69, 9.17) is 6.42 Å². The molecule has 0 atom stereocenters. The van der Waals surface area contributed by atoms with Crippen molar-refractivity contribution in [2.75, 3.05) is 17.2 Å². The number of anilines is 1. The number of amides is 1. The Balaban J connectivity index is 2.49. The highest BCUT2D eigenvalue weighted by Gasteiger charge is 2.24. The molecule has 2 rings (SSSR count). The summed E-state index contributed by atoms with van der Waals surface area (Å²) in [5, 5.41) is 0. The van der Waals surface area contributed by atoms with Crippen molar-refractivity contribution in [3.05, 3.63) is 23.8 Å². The van der Waals surface area contributed by atoms with Crippen LogP contribution in [0.3, 0.4) is 0 Å². The summed E-state index contributed by atoms with van der Waals surface area (Å²) < 4.78 is 0. The van der Waals surface area contributed by atoms with E-state index in [0.717, 1.165) is 10.6 Å². The van der Waals surface area contributed by atoms with E-state index in [1.807, 2.05) is 6.07 Å². The van der Waals surface area contributed by atoms with Gasteiger partial charge in [0.2, 0.25) is 5.91 Å². The minimum Gasteiger partial charge on any atom is -0.299 e. The summed E-state index contributed by atoms with van der Waals surface area (Å²) in [5.74, 6) is 2.84. The van der Waals surface area contributed by atoms with E-state index in [9.17, 15) is 9.59 Å². The Morgan fingerprint density at radius 1 is 1.59 bits per heavy atom. The first-order chi connectivity index (χ1) is 8.13. The summed E-state index contributed by atoms with van der Waals surface area (Å²) in [6.07, 6.45) is 5.26. The van der Waals surface area contributed by atoms with Crippen LogP contribution < -0.4 is 4.90 Å². The molecule has 0 saturated heterocycles. The van der Waals surface area contributed by atoms with Gasteiger partial charge in [0.15, 0.2) is 5.78 Å². The lowest BCUT2D eigenvalue weighted by Crippen LogP contribution is -2.35. The van der Waals surface area contributed by atoms with Crippen LogP contribution in [0.1, 0.15) is 17.3 Å². The molecule has 86 valence electrons. The highest BCUT2D eigenvalue weighted by Crippen LogP contribution is 2.35. The molecule has 17 heavy (non-hydrogen) atoms. The third kappa shape index (κ3) is 2.20. The van der Waals surface area contributed by atoms with Gasteiger partial charge < -0.3 is 0 Å². The summed E-state index contributed by atoms with van der Waals surface area (Å²) in [7, 11) is 0.